The highest BCUT2D eigenvalue weighted by atomic mass is 14.4. The predicted octanol–water partition coefficient (Wildman–Crippen LogP) is 6.45. The summed E-state index contributed by atoms with van der Waals surface area (Å²) in [6, 6.07) is 0. The van der Waals surface area contributed by atoms with Crippen LogP contribution in [0.5, 0.6) is 0 Å². The molecule has 0 heteroatoms. The summed E-state index contributed by atoms with van der Waals surface area (Å²) >= 11 is 0. The molecule has 0 fully saturated rings. The lowest BCUT2D eigenvalue weighted by Gasteiger charge is -2.39. The van der Waals surface area contributed by atoms with Gasteiger partial charge in [0, 0.05) is 0 Å². The van der Waals surface area contributed by atoms with Gasteiger partial charge in [0.15, 0.2) is 0 Å². The largest absolute Gasteiger partial charge is 0.0654 e. The molecule has 0 amide bonds. The van der Waals surface area contributed by atoms with Crippen LogP contribution in [-0.2, 0) is 0 Å². The molecule has 0 aromatic heterocycles. The van der Waals surface area contributed by atoms with Crippen molar-refractivity contribution >= 4 is 0 Å². The Kier molecular flexibility index (Phi) is 6.25. The fraction of sp³-hybridized carbons (Fsp3) is 1.00. The van der Waals surface area contributed by atoms with Crippen LogP contribution >= 0.6 is 0 Å². The molecule has 0 unspecified atom stereocenters. The Bertz CT molecular complexity index is 203. The summed E-state index contributed by atoms with van der Waals surface area (Å²) in [6.07, 6.45) is 8.17. The molecule has 0 saturated heterocycles. The number of unbranched alkanes of at least 4 members (excludes halogenated alkanes) is 2. The lowest BCUT2D eigenvalue weighted by molar-refractivity contribution is 0.125. The van der Waals surface area contributed by atoms with E-state index in [1.54, 1.807) is 0 Å². The molecule has 104 valence electrons. The average molecular weight is 240 g/mol. The van der Waals surface area contributed by atoms with E-state index in [1.807, 2.05) is 0 Å². The molecule has 0 aromatic rings. The van der Waals surface area contributed by atoms with Crippen molar-refractivity contribution in [2.75, 3.05) is 0 Å². The Morgan fingerprint density at radius 1 is 0.647 bits per heavy atom. The minimum atomic E-state index is 0.447. The van der Waals surface area contributed by atoms with E-state index >= 15 is 0 Å². The first-order valence-corrected chi connectivity index (χ1v) is 7.47. The molecule has 17 heavy (non-hydrogen) atoms. The quantitative estimate of drug-likeness (QED) is 0.449. The van der Waals surface area contributed by atoms with E-state index in [1.165, 1.54) is 38.5 Å². The van der Waals surface area contributed by atoms with Gasteiger partial charge in [-0.2, -0.15) is 0 Å². The van der Waals surface area contributed by atoms with Crippen LogP contribution in [0.2, 0.25) is 0 Å². The van der Waals surface area contributed by atoms with Gasteiger partial charge in [0.2, 0.25) is 0 Å². The minimum Gasteiger partial charge on any atom is -0.0654 e. The molecular formula is C17H36. The van der Waals surface area contributed by atoms with E-state index in [2.05, 4.69) is 55.4 Å². The van der Waals surface area contributed by atoms with Gasteiger partial charge in [-0.15, -0.1) is 0 Å². The smallest absolute Gasteiger partial charge is 0.0344 e. The molecule has 0 heterocycles. The Morgan fingerprint density at radius 3 is 1.59 bits per heavy atom. The van der Waals surface area contributed by atoms with Gasteiger partial charge in [-0.05, 0) is 35.5 Å². The van der Waals surface area contributed by atoms with Crippen molar-refractivity contribution in [3.8, 4) is 0 Å². The van der Waals surface area contributed by atoms with E-state index in [0.29, 0.717) is 16.2 Å². The van der Waals surface area contributed by atoms with Crippen molar-refractivity contribution in [2.24, 2.45) is 16.2 Å². The second kappa shape index (κ2) is 6.25. The van der Waals surface area contributed by atoms with Crippen molar-refractivity contribution in [2.45, 2.75) is 93.9 Å². The van der Waals surface area contributed by atoms with Gasteiger partial charge in [-0.1, -0.05) is 74.7 Å². The van der Waals surface area contributed by atoms with Crippen LogP contribution < -0.4 is 0 Å². The van der Waals surface area contributed by atoms with Crippen LogP contribution in [0.3, 0.4) is 0 Å². The van der Waals surface area contributed by atoms with Crippen LogP contribution in [0.15, 0.2) is 0 Å². The molecule has 0 nitrogen and oxygen atoms in total. The summed E-state index contributed by atoms with van der Waals surface area (Å²) in [7, 11) is 0. The van der Waals surface area contributed by atoms with Gasteiger partial charge in [-0.3, -0.25) is 0 Å². The van der Waals surface area contributed by atoms with Gasteiger partial charge >= 0.3 is 0 Å². The highest BCUT2D eigenvalue weighted by Gasteiger charge is 2.31. The number of hydrogen-bond acceptors (Lipinski definition) is 0. The van der Waals surface area contributed by atoms with Gasteiger partial charge < -0.3 is 0 Å². The summed E-state index contributed by atoms with van der Waals surface area (Å²) in [5.41, 5.74) is 1.42. The van der Waals surface area contributed by atoms with Crippen LogP contribution in [0.1, 0.15) is 93.9 Å². The van der Waals surface area contributed by atoms with Crippen molar-refractivity contribution in [1.82, 2.24) is 0 Å². The first-order chi connectivity index (χ1) is 7.47. The molecule has 0 saturated carbocycles. The zero-order chi connectivity index (χ0) is 13.7. The van der Waals surface area contributed by atoms with Crippen LogP contribution in [0.25, 0.3) is 0 Å². The maximum atomic E-state index is 2.45. The maximum absolute atomic E-state index is 2.45. The molecule has 0 aliphatic rings. The first kappa shape index (κ1) is 17.0. The minimum absolute atomic E-state index is 0.447. The molecule has 0 rings (SSSR count). The Morgan fingerprint density at radius 2 is 1.18 bits per heavy atom. The van der Waals surface area contributed by atoms with Crippen LogP contribution in [0.4, 0.5) is 0 Å². The molecule has 0 N–H and O–H groups in total. The van der Waals surface area contributed by atoms with Crippen LogP contribution in [0, 0.1) is 16.2 Å². The van der Waals surface area contributed by atoms with E-state index < -0.39 is 0 Å². The summed E-state index contributed by atoms with van der Waals surface area (Å²) in [5.74, 6) is 0. The summed E-state index contributed by atoms with van der Waals surface area (Å²) in [5, 5.41) is 0. The van der Waals surface area contributed by atoms with Crippen molar-refractivity contribution in [3.63, 3.8) is 0 Å². The zero-order valence-electron chi connectivity index (χ0n) is 13.7. The third-order valence-corrected chi connectivity index (χ3v) is 3.42. The third kappa shape index (κ3) is 9.68. The highest BCUT2D eigenvalue weighted by Crippen LogP contribution is 2.43. The third-order valence-electron chi connectivity index (χ3n) is 3.42. The second-order valence-corrected chi connectivity index (χ2v) is 8.70. The second-order valence-electron chi connectivity index (χ2n) is 8.70. The van der Waals surface area contributed by atoms with Gasteiger partial charge in [0.05, 0.1) is 0 Å². The lowest BCUT2D eigenvalue weighted by Crippen LogP contribution is -2.27. The van der Waals surface area contributed by atoms with Gasteiger partial charge in [0.1, 0.15) is 0 Å². The summed E-state index contributed by atoms with van der Waals surface area (Å²) in [4.78, 5) is 0. The SMILES string of the molecule is CCCCCC(C)(C)CC(C)(C)CC(C)(C)C. The Labute approximate surface area is 111 Å². The Hall–Kier alpha value is 0. The van der Waals surface area contributed by atoms with E-state index in [0.717, 1.165) is 0 Å². The molecule has 0 atom stereocenters. The van der Waals surface area contributed by atoms with E-state index in [4.69, 9.17) is 0 Å². The maximum Gasteiger partial charge on any atom is -0.0344 e. The van der Waals surface area contributed by atoms with Gasteiger partial charge in [-0.25, -0.2) is 0 Å². The van der Waals surface area contributed by atoms with Crippen molar-refractivity contribution in [1.29, 1.82) is 0 Å². The predicted molar refractivity (Wildman–Crippen MR) is 80.4 cm³/mol. The van der Waals surface area contributed by atoms with Crippen molar-refractivity contribution < 1.29 is 0 Å². The van der Waals surface area contributed by atoms with Crippen molar-refractivity contribution in [3.05, 3.63) is 0 Å². The number of rotatable bonds is 7. The van der Waals surface area contributed by atoms with Crippen LogP contribution in [-0.4, -0.2) is 0 Å². The molecule has 0 spiro atoms. The Balaban J connectivity index is 4.27. The van der Waals surface area contributed by atoms with E-state index in [-0.39, 0.29) is 0 Å². The molecule has 0 aliphatic heterocycles. The first-order valence-electron chi connectivity index (χ1n) is 7.47. The summed E-state index contributed by atoms with van der Waals surface area (Å²) < 4.78 is 0. The highest BCUT2D eigenvalue weighted by molar-refractivity contribution is 4.82. The monoisotopic (exact) mass is 240 g/mol. The average Bonchev–Trinajstić information content (AvgIpc) is 1.96. The van der Waals surface area contributed by atoms with E-state index in [9.17, 15) is 0 Å². The molecular weight excluding hydrogens is 204 g/mol. The fourth-order valence-electron chi connectivity index (χ4n) is 3.74. The van der Waals surface area contributed by atoms with Gasteiger partial charge in [0.25, 0.3) is 0 Å². The lowest BCUT2D eigenvalue weighted by atomic mass is 9.67. The zero-order valence-corrected chi connectivity index (χ0v) is 13.7. The molecule has 0 bridgehead atoms. The molecule has 0 radical (unpaired) electrons. The number of hydrogen-bond donors (Lipinski definition) is 0. The fourth-order valence-corrected chi connectivity index (χ4v) is 3.74. The molecule has 0 aromatic carbocycles. The molecule has 0 aliphatic carbocycles. The summed E-state index contributed by atoms with van der Waals surface area (Å²) in [6.45, 7) is 19.2. The standard InChI is InChI=1S/C17H36/c1-9-10-11-12-16(5,6)14-17(7,8)13-15(2,3)4/h9-14H2,1-8H3. The topological polar surface area (TPSA) is 0 Å². The normalized spacial score (nSPS) is 14.1.